The van der Waals surface area contributed by atoms with E-state index in [9.17, 15) is 28.8 Å². The summed E-state index contributed by atoms with van der Waals surface area (Å²) in [5.41, 5.74) is 30.1. The number of carbonyl (C=O) groups is 6. The van der Waals surface area contributed by atoms with Crippen LogP contribution >= 0.6 is 0 Å². The summed E-state index contributed by atoms with van der Waals surface area (Å²) >= 11 is 0. The van der Waals surface area contributed by atoms with E-state index in [1.54, 1.807) is 0 Å². The van der Waals surface area contributed by atoms with Crippen molar-refractivity contribution in [2.75, 3.05) is 39.3 Å². The van der Waals surface area contributed by atoms with Crippen molar-refractivity contribution in [3.05, 3.63) is 0 Å². The normalized spacial score (nSPS) is 9.71. The van der Waals surface area contributed by atoms with Crippen LogP contribution in [0.3, 0.4) is 0 Å². The summed E-state index contributed by atoms with van der Waals surface area (Å²) in [6, 6.07) is 0. The minimum atomic E-state index is 0.102. The molecule has 0 saturated heterocycles. The van der Waals surface area contributed by atoms with Crippen LogP contribution in [0.5, 0.6) is 0 Å². The number of nitrogens with two attached hydrogens (primary N) is 6. The first-order valence-electron chi connectivity index (χ1n) is 14.5. The summed E-state index contributed by atoms with van der Waals surface area (Å²) in [5, 5.41) is 0. The highest BCUT2D eigenvalue weighted by Gasteiger charge is 2.04. The number of hydrogen-bond donors (Lipinski definition) is 6. The van der Waals surface area contributed by atoms with Gasteiger partial charge in [0, 0.05) is 35.5 Å². The summed E-state index contributed by atoms with van der Waals surface area (Å²) in [6.45, 7) is 23.2. The van der Waals surface area contributed by atoms with Gasteiger partial charge in [0.15, 0.2) is 0 Å². The van der Waals surface area contributed by atoms with E-state index in [2.05, 4.69) is 0 Å². The van der Waals surface area contributed by atoms with E-state index in [4.69, 9.17) is 34.4 Å². The fourth-order valence-electron chi connectivity index (χ4n) is 1.41. The van der Waals surface area contributed by atoms with Crippen molar-refractivity contribution in [3.8, 4) is 0 Å². The van der Waals surface area contributed by atoms with Gasteiger partial charge < -0.3 is 34.4 Å². The maximum absolute atomic E-state index is 10.4. The highest BCUT2D eigenvalue weighted by molar-refractivity contribution is 5.83. The Hall–Kier alpha value is -2.22. The van der Waals surface area contributed by atoms with Gasteiger partial charge in [-0.05, 0) is 0 Å². The SMILES string of the molecule is CC(C)C(=O)CN.CC(C)C(=O)CN.CC(C)C(=O)CN.CC(C)C(=O)CN.CC(C)C(=O)CN.CC(C)C(=O)CN. The Morgan fingerprint density at radius 2 is 0.357 bits per heavy atom. The van der Waals surface area contributed by atoms with Crippen molar-refractivity contribution in [2.24, 2.45) is 69.9 Å². The number of carbonyl (C=O) groups excluding carboxylic acids is 6. The Labute approximate surface area is 255 Å². The van der Waals surface area contributed by atoms with Crippen LogP contribution in [0.25, 0.3) is 0 Å². The number of Topliss-reactive ketones (excluding diaryl/α,β-unsaturated/α-hetero) is 6. The second-order valence-corrected chi connectivity index (χ2v) is 11.0. The molecule has 0 unspecified atom stereocenters. The smallest absolute Gasteiger partial charge is 0.148 e. The molecular weight excluding hydrogens is 540 g/mol. The minimum Gasteiger partial charge on any atom is -0.324 e. The predicted molar refractivity (Wildman–Crippen MR) is 173 cm³/mol. The van der Waals surface area contributed by atoms with Crippen LogP contribution in [-0.2, 0) is 28.8 Å². The van der Waals surface area contributed by atoms with Gasteiger partial charge in [0.1, 0.15) is 34.7 Å². The van der Waals surface area contributed by atoms with Crippen LogP contribution < -0.4 is 34.4 Å². The quantitative estimate of drug-likeness (QED) is 0.182. The minimum absolute atomic E-state index is 0.102. The molecule has 42 heavy (non-hydrogen) atoms. The highest BCUT2D eigenvalue weighted by atomic mass is 16.1. The van der Waals surface area contributed by atoms with E-state index in [0.29, 0.717) is 0 Å². The number of ketones is 6. The first-order chi connectivity index (χ1) is 19.1. The van der Waals surface area contributed by atoms with E-state index in [0.717, 1.165) is 0 Å². The maximum atomic E-state index is 10.4. The molecule has 0 aliphatic heterocycles. The maximum Gasteiger partial charge on any atom is 0.148 e. The third kappa shape index (κ3) is 44.8. The van der Waals surface area contributed by atoms with Crippen molar-refractivity contribution in [1.29, 1.82) is 0 Å². The first-order valence-corrected chi connectivity index (χ1v) is 14.5. The van der Waals surface area contributed by atoms with Gasteiger partial charge in [-0.25, -0.2) is 0 Å². The van der Waals surface area contributed by atoms with Crippen LogP contribution in [0.1, 0.15) is 83.1 Å². The van der Waals surface area contributed by atoms with Crippen molar-refractivity contribution in [1.82, 2.24) is 0 Å². The molecule has 0 aromatic carbocycles. The molecule has 0 aliphatic rings. The van der Waals surface area contributed by atoms with Gasteiger partial charge in [0.2, 0.25) is 0 Å². The van der Waals surface area contributed by atoms with Gasteiger partial charge >= 0.3 is 0 Å². The predicted octanol–water partition coefficient (Wildman–Crippen LogP) is 1.02. The van der Waals surface area contributed by atoms with Crippen molar-refractivity contribution >= 4 is 34.7 Å². The zero-order valence-electron chi connectivity index (χ0n) is 28.6. The molecule has 0 fully saturated rings. The average molecular weight is 607 g/mol. The Bertz CT molecular complexity index is 566. The van der Waals surface area contributed by atoms with Crippen LogP contribution in [0.2, 0.25) is 0 Å². The summed E-state index contributed by atoms with van der Waals surface area (Å²) in [4.78, 5) is 62.3. The fraction of sp³-hybridized carbons (Fsp3) is 0.800. The highest BCUT2D eigenvalue weighted by Crippen LogP contribution is 1.92. The topological polar surface area (TPSA) is 259 Å². The number of hydrogen-bond acceptors (Lipinski definition) is 12. The Balaban J connectivity index is -0.0000000926. The Morgan fingerprint density at radius 1 is 0.286 bits per heavy atom. The molecule has 0 aromatic heterocycles. The third-order valence-electron chi connectivity index (χ3n) is 5.07. The van der Waals surface area contributed by atoms with Crippen LogP contribution in [0.4, 0.5) is 0 Å². The lowest BCUT2D eigenvalue weighted by molar-refractivity contribution is -0.121. The van der Waals surface area contributed by atoms with Crippen LogP contribution in [-0.4, -0.2) is 74.0 Å². The summed E-state index contributed by atoms with van der Waals surface area (Å²) < 4.78 is 0. The lowest BCUT2D eigenvalue weighted by Crippen LogP contribution is -2.18. The molecule has 0 aromatic rings. The molecule has 12 nitrogen and oxygen atoms in total. The monoisotopic (exact) mass is 607 g/mol. The summed E-state index contributed by atoms with van der Waals surface area (Å²) in [7, 11) is 0. The van der Waals surface area contributed by atoms with Crippen molar-refractivity contribution in [2.45, 2.75) is 83.1 Å². The molecule has 0 atom stereocenters. The van der Waals surface area contributed by atoms with Gasteiger partial charge in [-0.2, -0.15) is 0 Å². The van der Waals surface area contributed by atoms with Gasteiger partial charge in [-0.3, -0.25) is 28.8 Å². The molecule has 0 rings (SSSR count). The van der Waals surface area contributed by atoms with E-state index < -0.39 is 0 Å². The first kappa shape index (κ1) is 52.4. The van der Waals surface area contributed by atoms with Gasteiger partial charge in [0.25, 0.3) is 0 Å². The number of rotatable bonds is 12. The van der Waals surface area contributed by atoms with Gasteiger partial charge in [0.05, 0.1) is 39.3 Å². The zero-order chi connectivity index (χ0) is 35.2. The molecule has 0 spiro atoms. The fourth-order valence-corrected chi connectivity index (χ4v) is 1.41. The molecular formula is C30H66N6O6. The van der Waals surface area contributed by atoms with E-state index in [-0.39, 0.29) is 109 Å². The molecule has 0 saturated carbocycles. The molecule has 12 heteroatoms. The molecule has 12 N–H and O–H groups in total. The van der Waals surface area contributed by atoms with Crippen molar-refractivity contribution in [3.63, 3.8) is 0 Å². The van der Waals surface area contributed by atoms with Crippen molar-refractivity contribution < 1.29 is 28.8 Å². The second-order valence-electron chi connectivity index (χ2n) is 11.0. The average Bonchev–Trinajstić information content (AvgIpc) is 2.95. The lowest BCUT2D eigenvalue weighted by atomic mass is 10.1. The van der Waals surface area contributed by atoms with Gasteiger partial charge in [-0.1, -0.05) is 83.1 Å². The third-order valence-corrected chi connectivity index (χ3v) is 5.07. The standard InChI is InChI=1S/6C5H11NO/c6*1-4(2)5(7)3-6/h6*4H,3,6H2,1-2H3. The van der Waals surface area contributed by atoms with Crippen LogP contribution in [0, 0.1) is 35.5 Å². The van der Waals surface area contributed by atoms with E-state index >= 15 is 0 Å². The second kappa shape index (κ2) is 35.0. The molecule has 0 aliphatic carbocycles. The molecule has 0 amide bonds. The Kier molecular flexibility index (Phi) is 43.7. The summed E-state index contributed by atoms with van der Waals surface area (Å²) in [5.74, 6) is 1.36. The van der Waals surface area contributed by atoms with E-state index in [1.165, 1.54) is 0 Å². The Morgan fingerprint density at radius 3 is 0.357 bits per heavy atom. The van der Waals surface area contributed by atoms with Crippen LogP contribution in [0.15, 0.2) is 0 Å². The largest absolute Gasteiger partial charge is 0.324 e. The molecule has 0 heterocycles. The van der Waals surface area contributed by atoms with E-state index in [1.807, 2.05) is 83.1 Å². The molecule has 252 valence electrons. The zero-order valence-corrected chi connectivity index (χ0v) is 28.6. The summed E-state index contributed by atoms with van der Waals surface area (Å²) in [6.07, 6.45) is 0. The molecule has 0 radical (unpaired) electrons. The van der Waals surface area contributed by atoms with Gasteiger partial charge in [-0.15, -0.1) is 0 Å². The lowest BCUT2D eigenvalue weighted by Gasteiger charge is -1.96. The molecule has 0 bridgehead atoms.